The van der Waals surface area contributed by atoms with Crippen molar-refractivity contribution in [3.05, 3.63) is 57.7 Å². The molecule has 4 nitrogen and oxygen atoms in total. The monoisotopic (exact) mass is 454 g/mol. The van der Waals surface area contributed by atoms with E-state index in [1.54, 1.807) is 24.3 Å². The summed E-state index contributed by atoms with van der Waals surface area (Å²) in [6.07, 6.45) is 0. The summed E-state index contributed by atoms with van der Waals surface area (Å²) < 4.78 is 6.81. The van der Waals surface area contributed by atoms with Crippen LogP contribution in [0, 0.1) is 3.57 Å². The van der Waals surface area contributed by atoms with Crippen molar-refractivity contribution in [3.63, 3.8) is 0 Å². The van der Waals surface area contributed by atoms with E-state index in [0.29, 0.717) is 16.5 Å². The summed E-state index contributed by atoms with van der Waals surface area (Å²) in [5.41, 5.74) is 1.28. The molecule has 0 unspecified atom stereocenters. The molecule has 0 radical (unpaired) electrons. The Morgan fingerprint density at radius 3 is 2.46 bits per heavy atom. The maximum absolute atomic E-state index is 12.4. The van der Waals surface area contributed by atoms with Gasteiger partial charge in [0.1, 0.15) is 5.75 Å². The number of nitrogens with zero attached hydrogens (tertiary/aromatic N) is 1. The van der Waals surface area contributed by atoms with Crippen LogP contribution in [0.4, 0.5) is 5.69 Å². The van der Waals surface area contributed by atoms with Crippen LogP contribution in [-0.2, 0) is 0 Å². The minimum atomic E-state index is -0.185. The van der Waals surface area contributed by atoms with Gasteiger partial charge in [-0.15, -0.1) is 0 Å². The van der Waals surface area contributed by atoms with Crippen molar-refractivity contribution >= 4 is 51.6 Å². The zero-order valence-electron chi connectivity index (χ0n) is 13.6. The molecule has 0 bridgehead atoms. The number of benzene rings is 2. The maximum atomic E-state index is 12.4. The molecule has 0 fully saturated rings. The third-order valence-corrected chi connectivity index (χ3v) is 4.49. The van der Waals surface area contributed by atoms with Crippen LogP contribution in [0.1, 0.15) is 24.2 Å². The van der Waals surface area contributed by atoms with Gasteiger partial charge in [-0.3, -0.25) is 4.79 Å². The topological polar surface area (TPSA) is 41.6 Å². The number of hydrogen-bond acceptors (Lipinski definition) is 3. The summed E-state index contributed by atoms with van der Waals surface area (Å²) in [7, 11) is 0. The van der Waals surface area contributed by atoms with E-state index in [2.05, 4.69) is 27.9 Å². The number of nitrogens with one attached hydrogen (secondary N) is 1. The molecule has 2 rings (SSSR count). The highest BCUT2D eigenvalue weighted by atomic mass is 127. The fraction of sp³-hybridized carbons (Fsp3) is 0.222. The van der Waals surface area contributed by atoms with Gasteiger partial charge >= 0.3 is 0 Å². The number of thiocarbonyl (C=S) groups is 1. The molecule has 0 aromatic heterocycles. The van der Waals surface area contributed by atoms with E-state index in [0.717, 1.165) is 22.3 Å². The van der Waals surface area contributed by atoms with Crippen LogP contribution in [0.15, 0.2) is 48.5 Å². The molecule has 24 heavy (non-hydrogen) atoms. The van der Waals surface area contributed by atoms with Crippen molar-refractivity contribution in [3.8, 4) is 5.75 Å². The lowest BCUT2D eigenvalue weighted by molar-refractivity contribution is 0.102. The van der Waals surface area contributed by atoms with Gasteiger partial charge in [0.15, 0.2) is 0 Å². The van der Waals surface area contributed by atoms with Crippen LogP contribution < -0.4 is 10.1 Å². The number of carbonyl (C=O) groups is 1. The van der Waals surface area contributed by atoms with E-state index in [1.165, 1.54) is 0 Å². The van der Waals surface area contributed by atoms with Crippen LogP contribution in [0.2, 0.25) is 0 Å². The summed E-state index contributed by atoms with van der Waals surface area (Å²) in [5, 5.41) is 3.28. The molecule has 0 aliphatic rings. The van der Waals surface area contributed by atoms with Crippen LogP contribution in [0.3, 0.4) is 0 Å². The maximum Gasteiger partial charge on any atom is 0.264 e. The number of carbonyl (C=O) groups excluding carboxylic acids is 1. The molecule has 0 saturated heterocycles. The fourth-order valence-corrected chi connectivity index (χ4v) is 2.80. The molecule has 0 spiro atoms. The summed E-state index contributed by atoms with van der Waals surface area (Å²) in [4.78, 5) is 14.3. The van der Waals surface area contributed by atoms with Crippen molar-refractivity contribution < 1.29 is 9.53 Å². The number of anilines is 1. The summed E-state index contributed by atoms with van der Waals surface area (Å²) in [6, 6.07) is 14.6. The number of hydrogen-bond donors (Lipinski definition) is 1. The second-order valence-electron chi connectivity index (χ2n) is 5.03. The van der Waals surface area contributed by atoms with E-state index < -0.39 is 0 Å². The molecular weight excluding hydrogens is 435 g/mol. The lowest BCUT2D eigenvalue weighted by atomic mass is 10.2. The first-order valence-corrected chi connectivity index (χ1v) is 9.16. The predicted molar refractivity (Wildman–Crippen MR) is 110 cm³/mol. The van der Waals surface area contributed by atoms with Crippen molar-refractivity contribution in [1.29, 1.82) is 0 Å². The Hall–Kier alpha value is -1.67. The minimum absolute atomic E-state index is 0.185. The standard InChI is InChI=1S/C18H19IN2O2S/c1-3-21(4-2)18(24)23-16-7-5-6-13(12-16)17(22)20-15-10-8-14(19)9-11-15/h5-12H,3-4H2,1-2H3,(H,20,22). The van der Waals surface area contributed by atoms with Crippen molar-refractivity contribution in [2.75, 3.05) is 18.4 Å². The largest absolute Gasteiger partial charge is 0.432 e. The molecule has 1 N–H and O–H groups in total. The summed E-state index contributed by atoms with van der Waals surface area (Å²) >= 11 is 7.51. The van der Waals surface area contributed by atoms with E-state index in [-0.39, 0.29) is 5.91 Å². The lowest BCUT2D eigenvalue weighted by Crippen LogP contribution is -2.32. The molecule has 0 aliphatic carbocycles. The lowest BCUT2D eigenvalue weighted by Gasteiger charge is -2.21. The van der Waals surface area contributed by atoms with E-state index >= 15 is 0 Å². The van der Waals surface area contributed by atoms with Gasteiger partial charge in [-0.2, -0.15) is 0 Å². The Bertz CT molecular complexity index is 715. The second kappa shape index (κ2) is 8.98. The molecule has 0 atom stereocenters. The first-order valence-electron chi connectivity index (χ1n) is 7.67. The second-order valence-corrected chi connectivity index (χ2v) is 6.62. The molecule has 0 aliphatic heterocycles. The Labute approximate surface area is 161 Å². The van der Waals surface area contributed by atoms with Crippen molar-refractivity contribution in [2.45, 2.75) is 13.8 Å². The smallest absolute Gasteiger partial charge is 0.264 e. The molecule has 6 heteroatoms. The van der Waals surface area contributed by atoms with Gasteiger partial charge in [-0.1, -0.05) is 6.07 Å². The van der Waals surface area contributed by atoms with Crippen molar-refractivity contribution in [2.24, 2.45) is 0 Å². The van der Waals surface area contributed by atoms with E-state index in [1.807, 2.05) is 43.0 Å². The van der Waals surface area contributed by atoms with Crippen LogP contribution in [0.5, 0.6) is 5.75 Å². The molecule has 2 aromatic rings. The van der Waals surface area contributed by atoms with Gasteiger partial charge in [-0.25, -0.2) is 0 Å². The number of ether oxygens (including phenoxy) is 1. The average molecular weight is 454 g/mol. The van der Waals surface area contributed by atoms with Crippen LogP contribution in [0.25, 0.3) is 0 Å². The predicted octanol–water partition coefficient (Wildman–Crippen LogP) is 4.55. The van der Waals surface area contributed by atoms with Crippen LogP contribution in [-0.4, -0.2) is 29.1 Å². The van der Waals surface area contributed by atoms with Crippen molar-refractivity contribution in [1.82, 2.24) is 4.90 Å². The third-order valence-electron chi connectivity index (χ3n) is 3.43. The zero-order chi connectivity index (χ0) is 17.5. The van der Waals surface area contributed by atoms with Crippen LogP contribution >= 0.6 is 34.8 Å². The Balaban J connectivity index is 2.07. The fourth-order valence-electron chi connectivity index (χ4n) is 2.08. The van der Waals surface area contributed by atoms with Gasteiger partial charge in [-0.05, 0) is 91.1 Å². The number of amides is 1. The SMILES string of the molecule is CCN(CC)C(=S)Oc1cccc(C(=O)Nc2ccc(I)cc2)c1. The van der Waals surface area contributed by atoms with Gasteiger partial charge < -0.3 is 15.0 Å². The highest BCUT2D eigenvalue weighted by Gasteiger charge is 2.11. The average Bonchev–Trinajstić information content (AvgIpc) is 2.58. The molecule has 0 heterocycles. The normalized spacial score (nSPS) is 10.1. The first kappa shape index (κ1) is 18.7. The first-order chi connectivity index (χ1) is 11.5. The van der Waals surface area contributed by atoms with Gasteiger partial charge in [0.25, 0.3) is 11.1 Å². The third kappa shape index (κ3) is 5.17. The summed E-state index contributed by atoms with van der Waals surface area (Å²) in [6.45, 7) is 5.60. The molecular formula is C18H19IN2O2S. The van der Waals surface area contributed by atoms with E-state index in [9.17, 15) is 4.79 Å². The van der Waals surface area contributed by atoms with Gasteiger partial charge in [0, 0.05) is 27.9 Å². The Morgan fingerprint density at radius 2 is 1.83 bits per heavy atom. The number of rotatable bonds is 5. The molecule has 2 aromatic carbocycles. The highest BCUT2D eigenvalue weighted by molar-refractivity contribution is 14.1. The van der Waals surface area contributed by atoms with E-state index in [4.69, 9.17) is 17.0 Å². The molecule has 0 saturated carbocycles. The Morgan fingerprint density at radius 1 is 1.17 bits per heavy atom. The molecule has 1 amide bonds. The van der Waals surface area contributed by atoms with Gasteiger partial charge in [0.2, 0.25) is 0 Å². The Kier molecular flexibility index (Phi) is 6.99. The minimum Gasteiger partial charge on any atom is -0.432 e. The summed E-state index contributed by atoms with van der Waals surface area (Å²) in [5.74, 6) is 0.373. The number of halogens is 1. The van der Waals surface area contributed by atoms with Gasteiger partial charge in [0.05, 0.1) is 0 Å². The zero-order valence-corrected chi connectivity index (χ0v) is 16.6. The quantitative estimate of drug-likeness (QED) is 0.532. The highest BCUT2D eigenvalue weighted by Crippen LogP contribution is 2.17. The molecule has 126 valence electrons.